The van der Waals surface area contributed by atoms with Gasteiger partial charge in [-0.1, -0.05) is 30.3 Å². The van der Waals surface area contributed by atoms with Crippen molar-refractivity contribution in [2.75, 3.05) is 55.0 Å². The Hall–Kier alpha value is -6.46. The molecule has 0 radical (unpaired) electrons. The van der Waals surface area contributed by atoms with Crippen LogP contribution in [0.25, 0.3) is 0 Å². The Bertz CT molecular complexity index is 2480. The number of carbonyl (C=O) groups is 6. The molecule has 6 amide bonds. The van der Waals surface area contributed by atoms with Gasteiger partial charge in [-0.15, -0.1) is 0 Å². The molecule has 16 nitrogen and oxygen atoms in total. The van der Waals surface area contributed by atoms with Gasteiger partial charge in [-0.2, -0.15) is 5.10 Å². The van der Waals surface area contributed by atoms with Crippen LogP contribution in [0.3, 0.4) is 0 Å². The Morgan fingerprint density at radius 2 is 1.63 bits per heavy atom. The fourth-order valence-corrected chi connectivity index (χ4v) is 10.2. The standard InChI is InChI=1S/C45H46FN9O7/c1-62-39(26-5-3-2-4-6-26)45(61)53-23-33-35(24-53)49-50-40(33)48-41(57)27-7-9-28(10-8-27)52-15-13-25(14-16-52)20-51-21-29-17-30(22-51)54(29)37-19-32-31(18-34(37)46)43(59)55(44(32)60)36-11-12-38(56)47-42(36)58/h2-10,18-19,25,29-30,36,39H,11-17,20-24H2,1H3,(H,47,56,58)(H2,48,49,50,57)/t29?,30?,36?,39-/m1/s1. The average molecular weight is 844 g/mol. The molecular formula is C45H46FN9O7. The Morgan fingerprint density at radius 1 is 0.919 bits per heavy atom. The number of hydrogen-bond donors (Lipinski definition) is 3. The van der Waals surface area contributed by atoms with E-state index in [0.29, 0.717) is 36.1 Å². The monoisotopic (exact) mass is 843 g/mol. The lowest BCUT2D eigenvalue weighted by Gasteiger charge is -2.58. The smallest absolute Gasteiger partial charge is 0.262 e. The summed E-state index contributed by atoms with van der Waals surface area (Å²) in [7, 11) is 1.52. The van der Waals surface area contributed by atoms with E-state index in [2.05, 4.69) is 30.6 Å². The number of nitrogens with zero attached hydrogens (tertiary/aromatic N) is 6. The molecule has 4 atom stereocenters. The van der Waals surface area contributed by atoms with Gasteiger partial charge in [0.05, 0.1) is 35.6 Å². The third-order valence-electron chi connectivity index (χ3n) is 13.4. The van der Waals surface area contributed by atoms with Gasteiger partial charge < -0.3 is 24.8 Å². The highest BCUT2D eigenvalue weighted by Gasteiger charge is 2.49. The van der Waals surface area contributed by atoms with Crippen molar-refractivity contribution in [2.45, 2.75) is 69.4 Å². The molecule has 4 aromatic rings. The van der Waals surface area contributed by atoms with Crippen LogP contribution in [-0.2, 0) is 32.2 Å². The summed E-state index contributed by atoms with van der Waals surface area (Å²) in [4.78, 5) is 86.8. The van der Waals surface area contributed by atoms with Gasteiger partial charge in [0.2, 0.25) is 11.8 Å². The Kier molecular flexibility index (Phi) is 10.1. The van der Waals surface area contributed by atoms with Gasteiger partial charge in [-0.3, -0.25) is 49.0 Å². The highest BCUT2D eigenvalue weighted by Crippen LogP contribution is 2.42. The second-order valence-corrected chi connectivity index (χ2v) is 17.1. The normalized spacial score (nSPS) is 23.0. The first-order valence-corrected chi connectivity index (χ1v) is 21.2. The number of benzene rings is 3. The molecular weight excluding hydrogens is 798 g/mol. The predicted octanol–water partition coefficient (Wildman–Crippen LogP) is 3.61. The molecule has 7 aliphatic heterocycles. The number of ether oxygens (including phenoxy) is 1. The van der Waals surface area contributed by atoms with E-state index >= 15 is 4.39 Å². The number of H-pyrrole nitrogens is 1. The average Bonchev–Trinajstić information content (AvgIpc) is 3.94. The number of imide groups is 2. The van der Waals surface area contributed by atoms with E-state index in [1.54, 1.807) is 4.90 Å². The molecule has 5 fully saturated rings. The minimum absolute atomic E-state index is 0.0156. The number of methoxy groups -OCH3 is 1. The Labute approximate surface area is 356 Å². The van der Waals surface area contributed by atoms with E-state index in [1.807, 2.05) is 59.5 Å². The van der Waals surface area contributed by atoms with Crippen LogP contribution in [-0.4, -0.2) is 118 Å². The first-order valence-electron chi connectivity index (χ1n) is 21.2. The van der Waals surface area contributed by atoms with Crippen molar-refractivity contribution >= 4 is 52.6 Å². The summed E-state index contributed by atoms with van der Waals surface area (Å²) in [5.74, 6) is -2.62. The SMILES string of the molecule is CO[C@@H](C(=O)N1Cc2[nH]nc(NC(=O)c3ccc(N4CCC(CN5CC6CC(C5)N6c5cc6c(cc5F)C(=O)N(C5CCC(=O)NC5=O)C6=O)CC4)cc3)c2C1)c1ccccc1. The molecule has 3 unspecified atom stereocenters. The number of hydrogen-bond acceptors (Lipinski definition) is 11. The number of amides is 6. The highest BCUT2D eigenvalue weighted by molar-refractivity contribution is 6.23. The van der Waals surface area contributed by atoms with E-state index in [9.17, 15) is 28.8 Å². The lowest BCUT2D eigenvalue weighted by molar-refractivity contribution is -0.143. The fourth-order valence-electron chi connectivity index (χ4n) is 10.2. The Morgan fingerprint density at radius 3 is 2.32 bits per heavy atom. The highest BCUT2D eigenvalue weighted by atomic mass is 19.1. The van der Waals surface area contributed by atoms with Crippen molar-refractivity contribution in [1.82, 2.24) is 30.2 Å². The summed E-state index contributed by atoms with van der Waals surface area (Å²) in [5.41, 5.74) is 4.21. The lowest BCUT2D eigenvalue weighted by atomic mass is 9.85. The van der Waals surface area contributed by atoms with Crippen LogP contribution in [0.5, 0.6) is 0 Å². The zero-order valence-electron chi connectivity index (χ0n) is 34.1. The lowest BCUT2D eigenvalue weighted by Crippen LogP contribution is -2.69. The van der Waals surface area contributed by atoms with E-state index in [1.165, 1.54) is 13.2 Å². The van der Waals surface area contributed by atoms with Crippen molar-refractivity contribution in [3.63, 3.8) is 0 Å². The molecule has 62 heavy (non-hydrogen) atoms. The summed E-state index contributed by atoms with van der Waals surface area (Å²) in [6.45, 7) is 4.90. The number of aromatic nitrogens is 2. The molecule has 11 rings (SSSR count). The maximum absolute atomic E-state index is 15.7. The van der Waals surface area contributed by atoms with Crippen LogP contribution < -0.4 is 20.4 Å². The number of halogens is 1. The van der Waals surface area contributed by atoms with Crippen molar-refractivity contribution in [3.8, 4) is 0 Å². The van der Waals surface area contributed by atoms with Crippen molar-refractivity contribution in [2.24, 2.45) is 5.92 Å². The van der Waals surface area contributed by atoms with Gasteiger partial charge in [0.15, 0.2) is 11.9 Å². The topological polar surface area (TPSA) is 181 Å². The third-order valence-corrected chi connectivity index (χ3v) is 13.4. The zero-order chi connectivity index (χ0) is 42.8. The van der Waals surface area contributed by atoms with E-state index in [-0.39, 0.29) is 47.9 Å². The van der Waals surface area contributed by atoms with E-state index in [4.69, 9.17) is 4.74 Å². The minimum Gasteiger partial charge on any atom is -0.372 e. The number of aromatic amines is 1. The van der Waals surface area contributed by atoms with Crippen LogP contribution in [0.1, 0.15) is 86.1 Å². The number of rotatable bonds is 10. The second-order valence-electron chi connectivity index (χ2n) is 17.1. The number of piperidine rings is 3. The summed E-state index contributed by atoms with van der Waals surface area (Å²) < 4.78 is 21.2. The van der Waals surface area contributed by atoms with Gasteiger partial charge in [0, 0.05) is 75.2 Å². The van der Waals surface area contributed by atoms with Gasteiger partial charge in [-0.05, 0) is 73.6 Å². The van der Waals surface area contributed by atoms with Crippen molar-refractivity contribution in [1.29, 1.82) is 0 Å². The molecule has 7 aliphatic rings. The molecule has 0 aliphatic carbocycles. The van der Waals surface area contributed by atoms with Crippen LogP contribution in [0.15, 0.2) is 66.7 Å². The second kappa shape index (κ2) is 15.8. The Balaban J connectivity index is 0.700. The maximum Gasteiger partial charge on any atom is 0.262 e. The van der Waals surface area contributed by atoms with Crippen LogP contribution >= 0.6 is 0 Å². The molecule has 3 N–H and O–H groups in total. The first-order chi connectivity index (χ1) is 30.0. The first kappa shape index (κ1) is 39.7. The van der Waals surface area contributed by atoms with Gasteiger partial charge in [0.25, 0.3) is 23.6 Å². The fraction of sp³-hybridized carbons (Fsp3) is 0.400. The largest absolute Gasteiger partial charge is 0.372 e. The molecule has 0 saturated carbocycles. The molecule has 320 valence electrons. The van der Waals surface area contributed by atoms with E-state index in [0.717, 1.165) is 85.5 Å². The number of fused-ring (bicyclic) bond motifs is 4. The summed E-state index contributed by atoms with van der Waals surface area (Å²) in [5, 5.41) is 12.4. The molecule has 2 bridgehead atoms. The molecule has 17 heteroatoms. The number of piperazine rings is 1. The summed E-state index contributed by atoms with van der Waals surface area (Å²) in [6.07, 6.45) is 2.27. The molecule has 3 aromatic carbocycles. The maximum atomic E-state index is 15.7. The molecule has 0 spiro atoms. The number of anilines is 3. The van der Waals surface area contributed by atoms with Crippen LogP contribution in [0.4, 0.5) is 21.6 Å². The molecule has 5 saturated heterocycles. The number of nitrogens with one attached hydrogen (secondary N) is 3. The van der Waals surface area contributed by atoms with Gasteiger partial charge in [-0.25, -0.2) is 4.39 Å². The van der Waals surface area contributed by atoms with E-state index < -0.39 is 41.6 Å². The van der Waals surface area contributed by atoms with Gasteiger partial charge >= 0.3 is 0 Å². The van der Waals surface area contributed by atoms with Crippen molar-refractivity contribution in [3.05, 3.63) is 106 Å². The molecule has 8 heterocycles. The predicted molar refractivity (Wildman–Crippen MR) is 223 cm³/mol. The summed E-state index contributed by atoms with van der Waals surface area (Å²) in [6, 6.07) is 18.6. The van der Waals surface area contributed by atoms with Crippen LogP contribution in [0.2, 0.25) is 0 Å². The van der Waals surface area contributed by atoms with Crippen LogP contribution in [0, 0.1) is 11.7 Å². The van der Waals surface area contributed by atoms with Gasteiger partial charge in [0.1, 0.15) is 11.9 Å². The third kappa shape index (κ3) is 6.98. The minimum atomic E-state index is -1.10. The quantitative estimate of drug-likeness (QED) is 0.199. The summed E-state index contributed by atoms with van der Waals surface area (Å²) >= 11 is 0. The zero-order valence-corrected chi connectivity index (χ0v) is 34.1. The number of carbonyl (C=O) groups excluding carboxylic acids is 6. The molecule has 1 aromatic heterocycles. The van der Waals surface area contributed by atoms with Crippen molar-refractivity contribution < 1.29 is 37.9 Å².